The van der Waals surface area contributed by atoms with Crippen molar-refractivity contribution >= 4 is 11.9 Å². The van der Waals surface area contributed by atoms with Gasteiger partial charge in [-0.25, -0.2) is 0 Å². The minimum Gasteiger partial charge on any atom is -0.481 e. The van der Waals surface area contributed by atoms with Crippen molar-refractivity contribution in [1.29, 1.82) is 0 Å². The van der Waals surface area contributed by atoms with Gasteiger partial charge >= 0.3 is 5.97 Å². The lowest BCUT2D eigenvalue weighted by molar-refractivity contribution is -0.148. The average molecular weight is 275 g/mol. The number of carbonyl (C=O) groups is 2. The molecule has 1 aliphatic heterocycles. The van der Waals surface area contributed by atoms with Gasteiger partial charge < -0.3 is 24.2 Å². The number of amides is 1. The third-order valence-electron chi connectivity index (χ3n) is 2.79. The standard InChI is InChI=1S/C12H21NO6/c1-17-6-7-18-4-2-11(14)13-3-5-19-10(9-13)8-12(15)16/h10H,2-9H2,1H3,(H,15,16). The van der Waals surface area contributed by atoms with E-state index in [4.69, 9.17) is 19.3 Å². The van der Waals surface area contributed by atoms with Crippen LogP contribution in [0.5, 0.6) is 0 Å². The van der Waals surface area contributed by atoms with E-state index in [9.17, 15) is 9.59 Å². The van der Waals surface area contributed by atoms with E-state index in [2.05, 4.69) is 0 Å². The van der Waals surface area contributed by atoms with E-state index in [1.54, 1.807) is 12.0 Å². The molecule has 1 N–H and O–H groups in total. The molecular formula is C12H21NO6. The number of hydrogen-bond acceptors (Lipinski definition) is 5. The van der Waals surface area contributed by atoms with Gasteiger partial charge in [-0.1, -0.05) is 0 Å². The summed E-state index contributed by atoms with van der Waals surface area (Å²) in [5, 5.41) is 8.70. The van der Waals surface area contributed by atoms with Crippen LogP contribution in [0.3, 0.4) is 0 Å². The summed E-state index contributed by atoms with van der Waals surface area (Å²) in [7, 11) is 1.59. The van der Waals surface area contributed by atoms with Gasteiger partial charge in [0, 0.05) is 20.2 Å². The third-order valence-corrected chi connectivity index (χ3v) is 2.79. The fourth-order valence-electron chi connectivity index (χ4n) is 1.83. The van der Waals surface area contributed by atoms with Crippen LogP contribution in [0.2, 0.25) is 0 Å². The summed E-state index contributed by atoms with van der Waals surface area (Å²) >= 11 is 0. The molecule has 0 radical (unpaired) electrons. The maximum Gasteiger partial charge on any atom is 0.306 e. The van der Waals surface area contributed by atoms with Crippen LogP contribution in [0.15, 0.2) is 0 Å². The smallest absolute Gasteiger partial charge is 0.306 e. The number of nitrogens with zero attached hydrogens (tertiary/aromatic N) is 1. The molecule has 1 rings (SSSR count). The first-order valence-corrected chi connectivity index (χ1v) is 6.31. The van der Waals surface area contributed by atoms with Gasteiger partial charge in [-0.05, 0) is 0 Å². The second kappa shape index (κ2) is 8.84. The van der Waals surface area contributed by atoms with Crippen molar-refractivity contribution in [2.75, 3.05) is 46.6 Å². The maximum absolute atomic E-state index is 11.9. The number of hydrogen-bond donors (Lipinski definition) is 1. The Morgan fingerprint density at radius 1 is 1.37 bits per heavy atom. The SMILES string of the molecule is COCCOCCC(=O)N1CCOC(CC(=O)O)C1. The Hall–Kier alpha value is -1.18. The summed E-state index contributed by atoms with van der Waals surface area (Å²) < 4.78 is 15.4. The Morgan fingerprint density at radius 3 is 2.84 bits per heavy atom. The van der Waals surface area contributed by atoms with Gasteiger partial charge in [-0.3, -0.25) is 9.59 Å². The predicted octanol–water partition coefficient (Wildman–Crippen LogP) is -0.258. The summed E-state index contributed by atoms with van der Waals surface area (Å²) in [5.74, 6) is -0.946. The second-order valence-corrected chi connectivity index (χ2v) is 4.29. The molecule has 1 heterocycles. The van der Waals surface area contributed by atoms with Crippen LogP contribution in [0.1, 0.15) is 12.8 Å². The third kappa shape index (κ3) is 6.51. The molecular weight excluding hydrogens is 254 g/mol. The molecule has 1 fully saturated rings. The molecule has 0 bridgehead atoms. The van der Waals surface area contributed by atoms with Crippen molar-refractivity contribution in [3.8, 4) is 0 Å². The zero-order valence-electron chi connectivity index (χ0n) is 11.2. The topological polar surface area (TPSA) is 85.3 Å². The molecule has 0 aromatic heterocycles. The normalized spacial score (nSPS) is 19.4. The number of carbonyl (C=O) groups excluding carboxylic acids is 1. The molecule has 1 aliphatic rings. The van der Waals surface area contributed by atoms with E-state index in [-0.39, 0.29) is 12.3 Å². The minimum atomic E-state index is -0.915. The van der Waals surface area contributed by atoms with E-state index in [1.807, 2.05) is 0 Å². The van der Waals surface area contributed by atoms with Crippen LogP contribution < -0.4 is 0 Å². The summed E-state index contributed by atoms with van der Waals surface area (Å²) in [6.45, 7) is 2.55. The van der Waals surface area contributed by atoms with Crippen molar-refractivity contribution in [2.24, 2.45) is 0 Å². The van der Waals surface area contributed by atoms with Crippen LogP contribution in [0, 0.1) is 0 Å². The van der Waals surface area contributed by atoms with Crippen LogP contribution in [0.25, 0.3) is 0 Å². The van der Waals surface area contributed by atoms with Gasteiger partial charge in [0.05, 0.1) is 45.4 Å². The number of aliphatic carboxylic acids is 1. The van der Waals surface area contributed by atoms with Gasteiger partial charge in [0.15, 0.2) is 0 Å². The zero-order chi connectivity index (χ0) is 14.1. The van der Waals surface area contributed by atoms with E-state index < -0.39 is 12.1 Å². The molecule has 0 saturated carbocycles. The Labute approximate surface area is 112 Å². The van der Waals surface area contributed by atoms with Crippen LogP contribution >= 0.6 is 0 Å². The summed E-state index contributed by atoms with van der Waals surface area (Å²) in [5.41, 5.74) is 0. The second-order valence-electron chi connectivity index (χ2n) is 4.29. The molecule has 1 atom stereocenters. The van der Waals surface area contributed by atoms with Gasteiger partial charge in [0.1, 0.15) is 0 Å². The Kier molecular flexibility index (Phi) is 7.39. The molecule has 1 unspecified atom stereocenters. The van der Waals surface area contributed by atoms with Crippen LogP contribution in [0.4, 0.5) is 0 Å². The highest BCUT2D eigenvalue weighted by Crippen LogP contribution is 2.10. The van der Waals surface area contributed by atoms with Gasteiger partial charge in [0.25, 0.3) is 0 Å². The van der Waals surface area contributed by atoms with E-state index in [0.717, 1.165) is 0 Å². The van der Waals surface area contributed by atoms with Crippen molar-refractivity contribution in [1.82, 2.24) is 4.90 Å². The van der Waals surface area contributed by atoms with Crippen molar-refractivity contribution in [3.63, 3.8) is 0 Å². The largest absolute Gasteiger partial charge is 0.481 e. The maximum atomic E-state index is 11.9. The van der Waals surface area contributed by atoms with Gasteiger partial charge in [-0.2, -0.15) is 0 Å². The summed E-state index contributed by atoms with van der Waals surface area (Å²) in [6, 6.07) is 0. The van der Waals surface area contributed by atoms with Crippen molar-refractivity contribution < 1.29 is 28.9 Å². The summed E-state index contributed by atoms with van der Waals surface area (Å²) in [6.07, 6.45) is -0.193. The average Bonchev–Trinajstić information content (AvgIpc) is 2.38. The molecule has 1 saturated heterocycles. The van der Waals surface area contributed by atoms with E-state index in [0.29, 0.717) is 45.9 Å². The molecule has 0 aliphatic carbocycles. The van der Waals surface area contributed by atoms with Crippen molar-refractivity contribution in [3.05, 3.63) is 0 Å². The van der Waals surface area contributed by atoms with Crippen molar-refractivity contribution in [2.45, 2.75) is 18.9 Å². The Morgan fingerprint density at radius 2 is 2.16 bits per heavy atom. The summed E-state index contributed by atoms with van der Waals surface area (Å²) in [4.78, 5) is 24.1. The first-order chi connectivity index (χ1) is 9.13. The first kappa shape index (κ1) is 15.9. The first-order valence-electron chi connectivity index (χ1n) is 6.31. The molecule has 7 heteroatoms. The number of morpholine rings is 1. The molecule has 0 aromatic carbocycles. The fraction of sp³-hybridized carbons (Fsp3) is 0.833. The monoisotopic (exact) mass is 275 g/mol. The van der Waals surface area contributed by atoms with E-state index in [1.165, 1.54) is 0 Å². The Balaban J connectivity index is 2.22. The van der Waals surface area contributed by atoms with E-state index >= 15 is 0 Å². The predicted molar refractivity (Wildman–Crippen MR) is 65.9 cm³/mol. The number of rotatable bonds is 8. The quantitative estimate of drug-likeness (QED) is 0.614. The number of carboxylic acids is 1. The number of ether oxygens (including phenoxy) is 3. The van der Waals surface area contributed by atoms with Gasteiger partial charge in [-0.15, -0.1) is 0 Å². The highest BCUT2D eigenvalue weighted by molar-refractivity contribution is 5.76. The lowest BCUT2D eigenvalue weighted by Crippen LogP contribution is -2.46. The minimum absolute atomic E-state index is 0.0314. The molecule has 110 valence electrons. The zero-order valence-corrected chi connectivity index (χ0v) is 11.2. The fourth-order valence-corrected chi connectivity index (χ4v) is 1.83. The lowest BCUT2D eigenvalue weighted by Gasteiger charge is -2.32. The highest BCUT2D eigenvalue weighted by atomic mass is 16.5. The molecule has 7 nitrogen and oxygen atoms in total. The van der Waals surface area contributed by atoms with Gasteiger partial charge in [0.2, 0.25) is 5.91 Å². The molecule has 0 spiro atoms. The highest BCUT2D eigenvalue weighted by Gasteiger charge is 2.25. The Bertz CT molecular complexity index is 296. The number of carboxylic acid groups (broad SMARTS) is 1. The van der Waals surface area contributed by atoms with Crippen LogP contribution in [-0.2, 0) is 23.8 Å². The number of methoxy groups -OCH3 is 1. The molecule has 0 aromatic rings. The molecule has 19 heavy (non-hydrogen) atoms. The molecule has 1 amide bonds. The lowest BCUT2D eigenvalue weighted by atomic mass is 10.2. The van der Waals surface area contributed by atoms with Crippen LogP contribution in [-0.4, -0.2) is 74.6 Å².